The normalized spacial score (nSPS) is 18.8. The molecule has 2 saturated heterocycles. The van der Waals surface area contributed by atoms with Crippen molar-refractivity contribution in [3.05, 3.63) is 40.2 Å². The molecular formula is C22H25ClN4O3S3. The fourth-order valence-electron chi connectivity index (χ4n) is 4.49. The summed E-state index contributed by atoms with van der Waals surface area (Å²) in [5.41, 5.74) is 2.24. The van der Waals surface area contributed by atoms with Crippen LogP contribution >= 0.6 is 34.3 Å². The summed E-state index contributed by atoms with van der Waals surface area (Å²) in [6.07, 6.45) is 1.10. The second-order valence-electron chi connectivity index (χ2n) is 8.47. The van der Waals surface area contributed by atoms with Crippen LogP contribution in [0.2, 0.25) is 4.34 Å². The number of para-hydroxylation sites is 1. The number of aromatic nitrogens is 1. The van der Waals surface area contributed by atoms with Crippen LogP contribution in [-0.4, -0.2) is 67.8 Å². The highest BCUT2D eigenvalue weighted by atomic mass is 35.5. The van der Waals surface area contributed by atoms with Crippen LogP contribution in [0.15, 0.2) is 34.5 Å². The maximum atomic E-state index is 13.1. The number of halogens is 1. The summed E-state index contributed by atoms with van der Waals surface area (Å²) in [6.45, 7) is 5.65. The van der Waals surface area contributed by atoms with Gasteiger partial charge in [-0.2, -0.15) is 4.31 Å². The lowest BCUT2D eigenvalue weighted by atomic mass is 9.96. The molecule has 0 aliphatic carbocycles. The minimum atomic E-state index is -3.54. The molecule has 0 radical (unpaired) electrons. The van der Waals surface area contributed by atoms with E-state index >= 15 is 0 Å². The Morgan fingerprint density at radius 2 is 1.76 bits per heavy atom. The molecule has 176 valence electrons. The minimum absolute atomic E-state index is 0.125. The Labute approximate surface area is 206 Å². The molecule has 2 aliphatic rings. The van der Waals surface area contributed by atoms with Crippen LogP contribution in [0.3, 0.4) is 0 Å². The van der Waals surface area contributed by atoms with E-state index in [1.54, 1.807) is 23.5 Å². The van der Waals surface area contributed by atoms with Crippen molar-refractivity contribution in [3.63, 3.8) is 0 Å². The first-order valence-electron chi connectivity index (χ1n) is 11.0. The van der Waals surface area contributed by atoms with E-state index in [0.717, 1.165) is 35.1 Å². The van der Waals surface area contributed by atoms with E-state index in [2.05, 4.69) is 30.0 Å². The fraction of sp³-hybridized carbons (Fsp3) is 0.455. The molecule has 1 aromatic carbocycles. The number of amides is 1. The van der Waals surface area contributed by atoms with Gasteiger partial charge in [-0.1, -0.05) is 35.1 Å². The number of fused-ring (bicyclic) bond motifs is 1. The molecule has 33 heavy (non-hydrogen) atoms. The van der Waals surface area contributed by atoms with E-state index < -0.39 is 10.0 Å². The number of benzene rings is 1. The molecule has 11 heteroatoms. The van der Waals surface area contributed by atoms with Gasteiger partial charge in [0.25, 0.3) is 10.0 Å². The zero-order valence-electron chi connectivity index (χ0n) is 18.2. The van der Waals surface area contributed by atoms with E-state index in [0.29, 0.717) is 43.4 Å². The molecule has 0 saturated carbocycles. The number of thiazole rings is 1. The number of carbonyl (C=O) groups is 1. The number of hydrogen-bond acceptors (Lipinski definition) is 7. The molecule has 7 nitrogen and oxygen atoms in total. The third-order valence-electron chi connectivity index (χ3n) is 6.42. The Balaban J connectivity index is 1.17. The molecule has 0 bridgehead atoms. The zero-order valence-corrected chi connectivity index (χ0v) is 21.4. The summed E-state index contributed by atoms with van der Waals surface area (Å²) in [7, 11) is -3.54. The largest absolute Gasteiger partial charge is 0.345 e. The molecule has 0 spiro atoms. The molecular weight excluding hydrogens is 500 g/mol. The number of carbonyl (C=O) groups excluding carboxylic acids is 1. The lowest BCUT2D eigenvalue weighted by Gasteiger charge is -2.38. The maximum Gasteiger partial charge on any atom is 0.252 e. The van der Waals surface area contributed by atoms with Crippen molar-refractivity contribution in [2.45, 2.75) is 24.0 Å². The third kappa shape index (κ3) is 4.51. The first kappa shape index (κ1) is 23.0. The molecule has 1 amide bonds. The number of piperidine rings is 1. The van der Waals surface area contributed by atoms with Gasteiger partial charge in [0.05, 0.1) is 14.6 Å². The molecule has 5 rings (SSSR count). The Hall–Kier alpha value is -1.72. The van der Waals surface area contributed by atoms with Crippen molar-refractivity contribution in [3.8, 4) is 0 Å². The van der Waals surface area contributed by atoms with Gasteiger partial charge < -0.3 is 9.80 Å². The Kier molecular flexibility index (Phi) is 6.39. The minimum Gasteiger partial charge on any atom is -0.345 e. The number of sulfonamides is 1. The molecule has 0 N–H and O–H groups in total. The predicted molar refractivity (Wildman–Crippen MR) is 134 cm³/mol. The summed E-state index contributed by atoms with van der Waals surface area (Å²) in [5, 5.41) is 1.01. The van der Waals surface area contributed by atoms with Gasteiger partial charge in [0, 0.05) is 45.2 Å². The van der Waals surface area contributed by atoms with E-state index in [4.69, 9.17) is 16.6 Å². The summed E-state index contributed by atoms with van der Waals surface area (Å²) < 4.78 is 29.0. The third-order valence-corrected chi connectivity index (χ3v) is 11.1. The van der Waals surface area contributed by atoms with Gasteiger partial charge >= 0.3 is 0 Å². The number of hydrogen-bond donors (Lipinski definition) is 0. The monoisotopic (exact) mass is 524 g/mol. The number of thiophene rings is 1. The summed E-state index contributed by atoms with van der Waals surface area (Å²) >= 11 is 8.68. The highest BCUT2D eigenvalue weighted by Crippen LogP contribution is 2.33. The van der Waals surface area contributed by atoms with E-state index in [-0.39, 0.29) is 16.0 Å². The average molecular weight is 525 g/mol. The molecule has 4 heterocycles. The topological polar surface area (TPSA) is 73.8 Å². The summed E-state index contributed by atoms with van der Waals surface area (Å²) in [4.78, 5) is 22.1. The SMILES string of the molecule is Cc1cccc2sc(N3CCN(C(=O)C4CCN(S(=O)(=O)c5ccc(Cl)s5)CC4)CC3)nc12. The maximum absolute atomic E-state index is 13.1. The summed E-state index contributed by atoms with van der Waals surface area (Å²) in [5.74, 6) is 0.0195. The van der Waals surface area contributed by atoms with Crippen molar-refractivity contribution in [1.82, 2.24) is 14.2 Å². The van der Waals surface area contributed by atoms with Gasteiger partial charge in [-0.25, -0.2) is 13.4 Å². The number of rotatable bonds is 4. The Morgan fingerprint density at radius 1 is 1.03 bits per heavy atom. The Bertz CT molecular complexity index is 1270. The van der Waals surface area contributed by atoms with Crippen molar-refractivity contribution in [1.29, 1.82) is 0 Å². The van der Waals surface area contributed by atoms with Gasteiger partial charge in [0.2, 0.25) is 5.91 Å². The van der Waals surface area contributed by atoms with Crippen LogP contribution < -0.4 is 4.90 Å². The zero-order chi connectivity index (χ0) is 23.2. The van der Waals surface area contributed by atoms with Crippen molar-refractivity contribution >= 4 is 65.6 Å². The predicted octanol–water partition coefficient (Wildman–Crippen LogP) is 4.07. The van der Waals surface area contributed by atoms with Gasteiger partial charge in [-0.15, -0.1) is 11.3 Å². The second-order valence-corrected chi connectivity index (χ2v) is 13.4. The van der Waals surface area contributed by atoms with Gasteiger partial charge in [0.1, 0.15) is 4.21 Å². The van der Waals surface area contributed by atoms with Crippen LogP contribution in [0, 0.1) is 12.8 Å². The Morgan fingerprint density at radius 3 is 2.39 bits per heavy atom. The number of nitrogens with zero attached hydrogens (tertiary/aromatic N) is 4. The number of anilines is 1. The van der Waals surface area contributed by atoms with E-state index in [1.807, 2.05) is 4.90 Å². The molecule has 0 atom stereocenters. The number of piperazine rings is 1. The lowest BCUT2D eigenvalue weighted by molar-refractivity contribution is -0.137. The van der Waals surface area contributed by atoms with Crippen molar-refractivity contribution in [2.24, 2.45) is 5.92 Å². The molecule has 0 unspecified atom stereocenters. The lowest BCUT2D eigenvalue weighted by Crippen LogP contribution is -2.52. The van der Waals surface area contributed by atoms with Gasteiger partial charge in [0.15, 0.2) is 5.13 Å². The first-order valence-corrected chi connectivity index (χ1v) is 14.4. The fourth-order valence-corrected chi connectivity index (χ4v) is 8.69. The molecule has 2 aliphatic heterocycles. The average Bonchev–Trinajstić information content (AvgIpc) is 3.46. The molecule has 2 fully saturated rings. The highest BCUT2D eigenvalue weighted by Gasteiger charge is 2.35. The number of aryl methyl sites for hydroxylation is 1. The standard InChI is InChI=1S/C22H25ClN4O3S3/c1-15-3-2-4-17-20(15)24-22(31-17)26-13-11-25(12-14-26)21(28)16-7-9-27(10-8-16)33(29,30)19-6-5-18(23)32-19/h2-6,16H,7-14H2,1H3. The van der Waals surface area contributed by atoms with Crippen LogP contribution in [-0.2, 0) is 14.8 Å². The van der Waals surface area contributed by atoms with Gasteiger partial charge in [-0.3, -0.25) is 4.79 Å². The quantitative estimate of drug-likeness (QED) is 0.514. The van der Waals surface area contributed by atoms with Crippen molar-refractivity contribution < 1.29 is 13.2 Å². The van der Waals surface area contributed by atoms with Crippen LogP contribution in [0.5, 0.6) is 0 Å². The smallest absolute Gasteiger partial charge is 0.252 e. The molecule has 3 aromatic rings. The van der Waals surface area contributed by atoms with E-state index in [9.17, 15) is 13.2 Å². The molecule has 2 aromatic heterocycles. The van der Waals surface area contributed by atoms with Crippen molar-refractivity contribution in [2.75, 3.05) is 44.2 Å². The first-order chi connectivity index (χ1) is 15.8. The van der Waals surface area contributed by atoms with Gasteiger partial charge in [-0.05, 0) is 43.5 Å². The second kappa shape index (κ2) is 9.14. The van der Waals surface area contributed by atoms with Crippen LogP contribution in [0.25, 0.3) is 10.2 Å². The summed E-state index contributed by atoms with van der Waals surface area (Å²) in [6, 6.07) is 9.39. The van der Waals surface area contributed by atoms with Crippen LogP contribution in [0.4, 0.5) is 5.13 Å². The highest BCUT2D eigenvalue weighted by molar-refractivity contribution is 7.91. The van der Waals surface area contributed by atoms with Crippen LogP contribution in [0.1, 0.15) is 18.4 Å². The van der Waals surface area contributed by atoms with E-state index in [1.165, 1.54) is 14.6 Å².